The molecule has 0 amide bonds. The van der Waals surface area contributed by atoms with Gasteiger partial charge in [0.25, 0.3) is 5.56 Å². The molecule has 4 aromatic rings. The number of benzene rings is 3. The Morgan fingerprint density at radius 2 is 1.46 bits per heavy atom. The smallest absolute Gasteiger partial charge is 0.266 e. The Labute approximate surface area is 151 Å². The van der Waals surface area contributed by atoms with E-state index in [-0.39, 0.29) is 11.1 Å². The summed E-state index contributed by atoms with van der Waals surface area (Å²) >= 11 is 0. The Morgan fingerprint density at radius 1 is 0.846 bits per heavy atom. The zero-order valence-corrected chi connectivity index (χ0v) is 14.3. The Bertz CT molecular complexity index is 1200. The van der Waals surface area contributed by atoms with Crippen LogP contribution in [0.25, 0.3) is 33.2 Å². The predicted molar refractivity (Wildman–Crippen MR) is 105 cm³/mol. The maximum absolute atomic E-state index is 12.3. The van der Waals surface area contributed by atoms with Crippen LogP contribution in [-0.4, -0.2) is 4.98 Å². The third-order valence-corrected chi connectivity index (χ3v) is 4.69. The first-order valence-corrected chi connectivity index (χ1v) is 8.40. The Hall–Kier alpha value is -3.64. The molecule has 0 saturated heterocycles. The number of H-pyrrole nitrogens is 1. The summed E-state index contributed by atoms with van der Waals surface area (Å²) in [5.41, 5.74) is 5.41. The summed E-state index contributed by atoms with van der Waals surface area (Å²) in [7, 11) is 0. The standard InChI is InChI=1S/C23H16N2O/c1-15-19-12-18(16-8-4-2-5-9-16)13-20(17-10-6-3-7-11-17)22(19)25-23(26)21(15)14-24/h2-13H,1H3,(H,25,26). The summed E-state index contributed by atoms with van der Waals surface area (Å²) < 4.78 is 0. The SMILES string of the molecule is Cc1c(C#N)c(=O)[nH]c2c(-c3ccccc3)cc(-c3ccccc3)cc12. The fraction of sp³-hybridized carbons (Fsp3) is 0.0435. The van der Waals surface area contributed by atoms with Gasteiger partial charge in [0, 0.05) is 10.9 Å². The lowest BCUT2D eigenvalue weighted by Gasteiger charge is -2.13. The minimum absolute atomic E-state index is 0.168. The van der Waals surface area contributed by atoms with E-state index in [2.05, 4.69) is 23.2 Å². The van der Waals surface area contributed by atoms with Gasteiger partial charge in [0.05, 0.1) is 5.52 Å². The average molecular weight is 336 g/mol. The van der Waals surface area contributed by atoms with E-state index in [4.69, 9.17) is 0 Å². The zero-order chi connectivity index (χ0) is 18.1. The molecule has 0 radical (unpaired) electrons. The maximum atomic E-state index is 12.3. The molecule has 0 spiro atoms. The van der Waals surface area contributed by atoms with Gasteiger partial charge in [-0.05, 0) is 41.3 Å². The molecule has 4 rings (SSSR count). The fourth-order valence-corrected chi connectivity index (χ4v) is 3.33. The van der Waals surface area contributed by atoms with Crippen LogP contribution in [0, 0.1) is 18.3 Å². The van der Waals surface area contributed by atoms with E-state index in [0.717, 1.165) is 33.2 Å². The molecule has 0 unspecified atom stereocenters. The molecule has 3 nitrogen and oxygen atoms in total. The van der Waals surface area contributed by atoms with E-state index in [1.54, 1.807) is 0 Å². The molecule has 0 atom stereocenters. The van der Waals surface area contributed by atoms with Gasteiger partial charge in [-0.1, -0.05) is 60.7 Å². The summed E-state index contributed by atoms with van der Waals surface area (Å²) in [4.78, 5) is 15.3. The highest BCUT2D eigenvalue weighted by Crippen LogP contribution is 2.34. The molecule has 0 aliphatic heterocycles. The van der Waals surface area contributed by atoms with Gasteiger partial charge in [0.1, 0.15) is 11.6 Å². The van der Waals surface area contributed by atoms with Gasteiger partial charge in [0.2, 0.25) is 0 Å². The monoisotopic (exact) mass is 336 g/mol. The number of rotatable bonds is 2. The first-order chi connectivity index (χ1) is 12.7. The third kappa shape index (κ3) is 2.58. The van der Waals surface area contributed by atoms with Crippen LogP contribution in [0.1, 0.15) is 11.1 Å². The van der Waals surface area contributed by atoms with Crippen LogP contribution in [0.2, 0.25) is 0 Å². The molecule has 3 aromatic carbocycles. The lowest BCUT2D eigenvalue weighted by atomic mass is 9.93. The fourth-order valence-electron chi connectivity index (χ4n) is 3.33. The highest BCUT2D eigenvalue weighted by atomic mass is 16.1. The minimum Gasteiger partial charge on any atom is -0.320 e. The van der Waals surface area contributed by atoms with Crippen molar-refractivity contribution >= 4 is 10.9 Å². The van der Waals surface area contributed by atoms with Gasteiger partial charge in [-0.15, -0.1) is 0 Å². The van der Waals surface area contributed by atoms with Crippen molar-refractivity contribution in [1.82, 2.24) is 4.98 Å². The minimum atomic E-state index is -0.345. The number of hydrogen-bond donors (Lipinski definition) is 1. The number of aromatic amines is 1. The van der Waals surface area contributed by atoms with E-state index in [1.807, 2.05) is 67.6 Å². The van der Waals surface area contributed by atoms with E-state index in [1.165, 1.54) is 0 Å². The number of pyridine rings is 1. The van der Waals surface area contributed by atoms with Crippen molar-refractivity contribution in [2.75, 3.05) is 0 Å². The predicted octanol–water partition coefficient (Wildman–Crippen LogP) is 5.04. The molecule has 1 heterocycles. The summed E-state index contributed by atoms with van der Waals surface area (Å²) in [6.45, 7) is 1.83. The number of nitriles is 1. The van der Waals surface area contributed by atoms with Gasteiger partial charge in [-0.2, -0.15) is 5.26 Å². The number of nitrogens with one attached hydrogen (secondary N) is 1. The first-order valence-electron chi connectivity index (χ1n) is 8.40. The quantitative estimate of drug-likeness (QED) is 0.557. The second kappa shape index (κ2) is 6.34. The molecule has 0 aliphatic rings. The molecular weight excluding hydrogens is 320 g/mol. The maximum Gasteiger partial charge on any atom is 0.266 e. The Morgan fingerprint density at radius 3 is 2.08 bits per heavy atom. The zero-order valence-electron chi connectivity index (χ0n) is 14.3. The van der Waals surface area contributed by atoms with Crippen LogP contribution in [-0.2, 0) is 0 Å². The molecule has 1 N–H and O–H groups in total. The van der Waals surface area contributed by atoms with Crippen LogP contribution < -0.4 is 5.56 Å². The van der Waals surface area contributed by atoms with Gasteiger partial charge < -0.3 is 4.98 Å². The van der Waals surface area contributed by atoms with E-state index in [0.29, 0.717) is 5.56 Å². The van der Waals surface area contributed by atoms with Crippen molar-refractivity contribution in [3.05, 3.63) is 94.3 Å². The van der Waals surface area contributed by atoms with Crippen molar-refractivity contribution in [2.24, 2.45) is 0 Å². The van der Waals surface area contributed by atoms with Crippen molar-refractivity contribution in [1.29, 1.82) is 5.26 Å². The van der Waals surface area contributed by atoms with E-state index >= 15 is 0 Å². The number of fused-ring (bicyclic) bond motifs is 1. The largest absolute Gasteiger partial charge is 0.320 e. The molecule has 1 aromatic heterocycles. The first kappa shape index (κ1) is 15.9. The second-order valence-corrected chi connectivity index (χ2v) is 6.24. The van der Waals surface area contributed by atoms with Crippen LogP contribution in [0.15, 0.2) is 77.6 Å². The number of aromatic nitrogens is 1. The summed E-state index contributed by atoms with van der Waals surface area (Å²) in [6, 6.07) is 26.2. The van der Waals surface area contributed by atoms with Crippen molar-refractivity contribution in [2.45, 2.75) is 6.92 Å². The van der Waals surface area contributed by atoms with Crippen LogP contribution in [0.4, 0.5) is 0 Å². The number of hydrogen-bond acceptors (Lipinski definition) is 2. The van der Waals surface area contributed by atoms with Crippen LogP contribution in [0.5, 0.6) is 0 Å². The van der Waals surface area contributed by atoms with Crippen LogP contribution in [0.3, 0.4) is 0 Å². The number of aryl methyl sites for hydroxylation is 1. The molecule has 0 fully saturated rings. The molecule has 26 heavy (non-hydrogen) atoms. The van der Waals surface area contributed by atoms with Crippen molar-refractivity contribution in [3.63, 3.8) is 0 Å². The van der Waals surface area contributed by atoms with Gasteiger partial charge in [0.15, 0.2) is 0 Å². The Balaban J connectivity index is 2.14. The van der Waals surface area contributed by atoms with Crippen molar-refractivity contribution < 1.29 is 0 Å². The average Bonchev–Trinajstić information content (AvgIpc) is 2.69. The molecule has 3 heteroatoms. The highest BCUT2D eigenvalue weighted by Gasteiger charge is 2.14. The molecular formula is C23H16N2O. The molecule has 124 valence electrons. The van der Waals surface area contributed by atoms with Gasteiger partial charge in [-0.25, -0.2) is 0 Å². The topological polar surface area (TPSA) is 56.6 Å². The van der Waals surface area contributed by atoms with E-state index in [9.17, 15) is 10.1 Å². The third-order valence-electron chi connectivity index (χ3n) is 4.69. The van der Waals surface area contributed by atoms with Crippen molar-refractivity contribution in [3.8, 4) is 28.3 Å². The normalized spacial score (nSPS) is 10.6. The molecule has 0 bridgehead atoms. The van der Waals surface area contributed by atoms with Gasteiger partial charge >= 0.3 is 0 Å². The van der Waals surface area contributed by atoms with Crippen LogP contribution >= 0.6 is 0 Å². The summed E-state index contributed by atoms with van der Waals surface area (Å²) in [5.74, 6) is 0. The van der Waals surface area contributed by atoms with E-state index < -0.39 is 0 Å². The number of nitrogens with zero attached hydrogens (tertiary/aromatic N) is 1. The van der Waals surface area contributed by atoms with Gasteiger partial charge in [-0.3, -0.25) is 4.79 Å². The lowest BCUT2D eigenvalue weighted by Crippen LogP contribution is -2.12. The lowest BCUT2D eigenvalue weighted by molar-refractivity contribution is 1.24. The highest BCUT2D eigenvalue weighted by molar-refractivity contribution is 5.99. The molecule has 0 saturated carbocycles. The Kier molecular flexibility index (Phi) is 3.87. The molecule has 0 aliphatic carbocycles. The summed E-state index contributed by atoms with van der Waals surface area (Å²) in [5, 5.41) is 10.3. The second-order valence-electron chi connectivity index (χ2n) is 6.24. The summed E-state index contributed by atoms with van der Waals surface area (Å²) in [6.07, 6.45) is 0.